The van der Waals surface area contributed by atoms with Crippen molar-refractivity contribution in [1.29, 1.82) is 0 Å². The van der Waals surface area contributed by atoms with Crippen LogP contribution in [-0.4, -0.2) is 91.3 Å². The molecule has 2 fully saturated rings. The number of carbonyl (C=O) groups is 3. The highest BCUT2D eigenvalue weighted by atomic mass is 16.5. The number of methoxy groups -OCH3 is 1. The van der Waals surface area contributed by atoms with Crippen LogP contribution < -0.4 is 9.47 Å². The number of morpholine rings is 1. The van der Waals surface area contributed by atoms with E-state index in [1.54, 1.807) is 25.3 Å². The van der Waals surface area contributed by atoms with Gasteiger partial charge in [-0.2, -0.15) is 0 Å². The first-order valence-electron chi connectivity index (χ1n) is 14.0. The van der Waals surface area contributed by atoms with Crippen molar-refractivity contribution in [3.05, 3.63) is 58.7 Å². The normalized spacial score (nSPS) is 22.8. The Hall–Kier alpha value is -3.21. The number of benzene rings is 2. The monoisotopic (exact) mass is 547 g/mol. The summed E-state index contributed by atoms with van der Waals surface area (Å²) in [7, 11) is 3.06. The van der Waals surface area contributed by atoms with Crippen molar-refractivity contribution in [1.82, 2.24) is 9.71 Å². The molecule has 2 saturated heterocycles. The van der Waals surface area contributed by atoms with Gasteiger partial charge in [0.1, 0.15) is 11.5 Å². The molecule has 5 rings (SSSR count). The quantitative estimate of drug-likeness (QED) is 0.260. The van der Waals surface area contributed by atoms with Crippen LogP contribution in [0.4, 0.5) is 0 Å². The van der Waals surface area contributed by atoms with Crippen LogP contribution in [0.2, 0.25) is 0 Å². The standard InChI is InChI=1S/C30H36BN2O7/c1-3-40-29-14-20(30(37)33-22-6-7-23(33)17-39-16-22)5-9-25(29)27(35)10-11-28(36)26-13-19-4-8-24(38-2)12-21(19)15-32(26)31-18-34/h4-5,8-9,12,14,18,22-23,26,28,36H,3,6-7,10-11,13,15-17H2,1-2H3/t22?,23?,26-,28+/m0/s1. The third-order valence-electron chi connectivity index (χ3n) is 8.29. The summed E-state index contributed by atoms with van der Waals surface area (Å²) < 4.78 is 16.7. The molecular weight excluding hydrogens is 511 g/mol. The Labute approximate surface area is 235 Å². The van der Waals surface area contributed by atoms with Gasteiger partial charge >= 0.3 is 0 Å². The Kier molecular flexibility index (Phi) is 8.88. The molecule has 211 valence electrons. The molecule has 1 radical (unpaired) electrons. The lowest BCUT2D eigenvalue weighted by Gasteiger charge is -2.38. The van der Waals surface area contributed by atoms with E-state index >= 15 is 0 Å². The smallest absolute Gasteiger partial charge is 0.293 e. The molecule has 1 amide bonds. The van der Waals surface area contributed by atoms with Crippen molar-refractivity contribution >= 4 is 25.3 Å². The summed E-state index contributed by atoms with van der Waals surface area (Å²) in [5, 5.41) is 11.1. The van der Waals surface area contributed by atoms with Gasteiger partial charge in [-0.15, -0.1) is 0 Å². The van der Waals surface area contributed by atoms with Crippen LogP contribution in [0.15, 0.2) is 36.4 Å². The molecule has 4 atom stereocenters. The van der Waals surface area contributed by atoms with Gasteiger partial charge in [-0.3, -0.25) is 9.59 Å². The Morgan fingerprint density at radius 1 is 1.15 bits per heavy atom. The lowest BCUT2D eigenvalue weighted by Crippen LogP contribution is -2.49. The van der Waals surface area contributed by atoms with Crippen LogP contribution in [-0.2, 0) is 22.5 Å². The summed E-state index contributed by atoms with van der Waals surface area (Å²) in [6, 6.07) is 10.7. The van der Waals surface area contributed by atoms with Gasteiger partial charge in [0.15, 0.2) is 5.78 Å². The number of nitrogens with zero attached hydrogens (tertiary/aromatic N) is 2. The maximum atomic E-state index is 13.4. The van der Waals surface area contributed by atoms with Gasteiger partial charge in [0.05, 0.1) is 56.9 Å². The summed E-state index contributed by atoms with van der Waals surface area (Å²) in [4.78, 5) is 41.7. The Balaban J connectivity index is 1.27. The van der Waals surface area contributed by atoms with Crippen LogP contribution in [0.25, 0.3) is 0 Å². The molecule has 3 aliphatic heterocycles. The molecule has 2 bridgehead atoms. The molecule has 40 heavy (non-hydrogen) atoms. The zero-order valence-corrected chi connectivity index (χ0v) is 23.1. The van der Waals surface area contributed by atoms with E-state index in [2.05, 4.69) is 0 Å². The maximum absolute atomic E-state index is 13.4. The van der Waals surface area contributed by atoms with Crippen molar-refractivity contribution in [2.75, 3.05) is 26.9 Å². The third kappa shape index (κ3) is 5.80. The minimum absolute atomic E-state index is 0.0621. The lowest BCUT2D eigenvalue weighted by atomic mass is 9.81. The first-order chi connectivity index (χ1) is 19.4. The Morgan fingerprint density at radius 3 is 2.62 bits per heavy atom. The number of carbonyl (C=O) groups excluding carboxylic acids is 3. The van der Waals surface area contributed by atoms with E-state index in [9.17, 15) is 19.5 Å². The molecule has 9 nitrogen and oxygen atoms in total. The number of rotatable bonds is 11. The number of fused-ring (bicyclic) bond motifs is 3. The predicted molar refractivity (Wildman–Crippen MR) is 150 cm³/mol. The van der Waals surface area contributed by atoms with Crippen LogP contribution >= 0.6 is 0 Å². The van der Waals surface area contributed by atoms with E-state index in [1.807, 2.05) is 34.8 Å². The fourth-order valence-electron chi connectivity index (χ4n) is 6.21. The first kappa shape index (κ1) is 28.3. The molecule has 1 N–H and O–H groups in total. The van der Waals surface area contributed by atoms with Crippen LogP contribution in [0.5, 0.6) is 11.5 Å². The Morgan fingerprint density at radius 2 is 1.93 bits per heavy atom. The summed E-state index contributed by atoms with van der Waals surface area (Å²) in [6.45, 7) is 3.77. The predicted octanol–water partition coefficient (Wildman–Crippen LogP) is 2.66. The number of aliphatic hydroxyl groups excluding tert-OH is 1. The van der Waals surface area contributed by atoms with E-state index in [0.29, 0.717) is 49.7 Å². The number of hydrogen-bond donors (Lipinski definition) is 1. The largest absolute Gasteiger partial charge is 0.497 e. The van der Waals surface area contributed by atoms with Gasteiger partial charge in [0.25, 0.3) is 13.3 Å². The van der Waals surface area contributed by atoms with Gasteiger partial charge in [-0.25, -0.2) is 0 Å². The highest BCUT2D eigenvalue weighted by Gasteiger charge is 2.41. The second kappa shape index (κ2) is 12.5. The molecule has 0 saturated carbocycles. The van der Waals surface area contributed by atoms with Crippen molar-refractivity contribution in [2.45, 2.75) is 69.8 Å². The maximum Gasteiger partial charge on any atom is 0.293 e. The number of Topliss-reactive ketones (excluding diaryl/α,β-unsaturated/α-hetero) is 1. The topological polar surface area (TPSA) is 106 Å². The first-order valence-corrected chi connectivity index (χ1v) is 14.0. The number of ketones is 1. The van der Waals surface area contributed by atoms with E-state index in [0.717, 1.165) is 35.9 Å². The number of ether oxygens (including phenoxy) is 3. The molecule has 0 aliphatic carbocycles. The minimum Gasteiger partial charge on any atom is -0.497 e. The van der Waals surface area contributed by atoms with Gasteiger partial charge in [0.2, 0.25) is 0 Å². The van der Waals surface area contributed by atoms with E-state index in [4.69, 9.17) is 14.2 Å². The fraction of sp³-hybridized carbons (Fsp3) is 0.500. The van der Waals surface area contributed by atoms with Crippen LogP contribution in [0.1, 0.15) is 64.4 Å². The lowest BCUT2D eigenvalue weighted by molar-refractivity contribution is -0.00717. The van der Waals surface area contributed by atoms with E-state index < -0.39 is 6.10 Å². The summed E-state index contributed by atoms with van der Waals surface area (Å²) >= 11 is 0. The average molecular weight is 547 g/mol. The number of hydrogen-bond acceptors (Lipinski definition) is 8. The van der Waals surface area contributed by atoms with E-state index in [-0.39, 0.29) is 42.7 Å². The average Bonchev–Trinajstić information content (AvgIpc) is 3.22. The van der Waals surface area contributed by atoms with Gasteiger partial charge in [0, 0.05) is 24.6 Å². The molecule has 2 aromatic rings. The minimum atomic E-state index is -0.830. The highest BCUT2D eigenvalue weighted by Crippen LogP contribution is 2.33. The molecule has 2 aromatic carbocycles. The fourth-order valence-corrected chi connectivity index (χ4v) is 6.21. The van der Waals surface area contributed by atoms with Crippen LogP contribution in [0, 0.1) is 0 Å². The molecule has 0 spiro atoms. The SMILES string of the molecule is CCOc1cc(C(=O)N2C3CCC2COC3)ccc1C(=O)CC[C@@H](O)[C@@H]1Cc2ccc(OC)cc2CN1[B]C=O. The van der Waals surface area contributed by atoms with Crippen molar-refractivity contribution in [2.24, 2.45) is 0 Å². The van der Waals surface area contributed by atoms with Gasteiger partial charge < -0.3 is 33.8 Å². The Bertz CT molecular complexity index is 1240. The zero-order valence-electron chi connectivity index (χ0n) is 23.1. The van der Waals surface area contributed by atoms with Crippen molar-refractivity contribution < 1.29 is 33.7 Å². The molecule has 3 aliphatic rings. The zero-order chi connectivity index (χ0) is 28.2. The molecule has 0 aromatic heterocycles. The molecule has 10 heteroatoms. The number of aliphatic hydroxyl groups is 1. The van der Waals surface area contributed by atoms with Crippen molar-refractivity contribution in [3.8, 4) is 11.5 Å². The third-order valence-corrected chi connectivity index (χ3v) is 8.29. The summed E-state index contributed by atoms with van der Waals surface area (Å²) in [5.41, 5.74) is 3.02. The molecular formula is C30H36BN2O7. The van der Waals surface area contributed by atoms with Gasteiger partial charge in [-0.05, 0) is 74.1 Å². The second-order valence-electron chi connectivity index (χ2n) is 10.7. The summed E-state index contributed by atoms with van der Waals surface area (Å²) in [6.07, 6.45) is 2.64. The number of amides is 1. The second-order valence-corrected chi connectivity index (χ2v) is 10.7. The van der Waals surface area contributed by atoms with Gasteiger partial charge in [-0.1, -0.05) is 6.07 Å². The summed E-state index contributed by atoms with van der Waals surface area (Å²) in [5.74, 6) is 0.891. The van der Waals surface area contributed by atoms with E-state index in [1.165, 1.54) is 7.41 Å². The van der Waals surface area contributed by atoms with Crippen molar-refractivity contribution in [3.63, 3.8) is 0 Å². The molecule has 3 heterocycles. The highest BCUT2D eigenvalue weighted by molar-refractivity contribution is 6.64. The van der Waals surface area contributed by atoms with Crippen LogP contribution in [0.3, 0.4) is 0 Å². The molecule has 2 unspecified atom stereocenters.